The number of hydrogen-bond donors (Lipinski definition) is 2. The first kappa shape index (κ1) is 14.9. The van der Waals surface area contributed by atoms with Crippen molar-refractivity contribution in [2.45, 2.75) is 58.5 Å². The van der Waals surface area contributed by atoms with Crippen LogP contribution >= 0.6 is 0 Å². The lowest BCUT2D eigenvalue weighted by Gasteiger charge is -2.39. The van der Waals surface area contributed by atoms with Crippen molar-refractivity contribution < 1.29 is 5.11 Å². The lowest BCUT2D eigenvalue weighted by atomic mass is 9.84. The molecule has 102 valence electrons. The molecule has 0 spiro atoms. The zero-order valence-corrected chi connectivity index (χ0v) is 12.0. The molecule has 1 rings (SSSR count). The maximum Gasteiger partial charge on any atom is 0.0558 e. The molecule has 3 nitrogen and oxygen atoms in total. The lowest BCUT2D eigenvalue weighted by Crippen LogP contribution is -2.49. The van der Waals surface area contributed by atoms with E-state index in [1.807, 2.05) is 7.05 Å². The molecule has 1 saturated carbocycles. The standard InChI is InChI=1S/C14H30N2O/c1-12(15-4)14(2,3)11-16(9-10-17)13-7-5-6-8-13/h12-13,15,17H,5-11H2,1-4H3. The lowest BCUT2D eigenvalue weighted by molar-refractivity contribution is 0.0885. The molecule has 0 heterocycles. The first-order chi connectivity index (χ1) is 8.01. The number of rotatable bonds is 7. The molecule has 0 radical (unpaired) electrons. The molecule has 0 aromatic heterocycles. The Balaban J connectivity index is 2.58. The van der Waals surface area contributed by atoms with Gasteiger partial charge in [-0.25, -0.2) is 0 Å². The van der Waals surface area contributed by atoms with Crippen molar-refractivity contribution in [3.05, 3.63) is 0 Å². The van der Waals surface area contributed by atoms with Gasteiger partial charge in [-0.15, -0.1) is 0 Å². The summed E-state index contributed by atoms with van der Waals surface area (Å²) in [5, 5.41) is 12.6. The summed E-state index contributed by atoms with van der Waals surface area (Å²) in [6, 6.07) is 1.19. The van der Waals surface area contributed by atoms with E-state index < -0.39 is 0 Å². The zero-order valence-electron chi connectivity index (χ0n) is 12.0. The van der Waals surface area contributed by atoms with E-state index in [1.165, 1.54) is 25.7 Å². The SMILES string of the molecule is CNC(C)C(C)(C)CN(CCO)C1CCCC1. The Kier molecular flexibility index (Phi) is 5.90. The van der Waals surface area contributed by atoms with Gasteiger partial charge in [0.2, 0.25) is 0 Å². The largest absolute Gasteiger partial charge is 0.395 e. The van der Waals surface area contributed by atoms with E-state index in [-0.39, 0.29) is 12.0 Å². The molecular formula is C14H30N2O. The average molecular weight is 242 g/mol. The maximum absolute atomic E-state index is 9.23. The molecule has 1 fully saturated rings. The summed E-state index contributed by atoms with van der Waals surface area (Å²) in [5.74, 6) is 0. The summed E-state index contributed by atoms with van der Waals surface area (Å²) in [5.41, 5.74) is 0.243. The molecule has 0 amide bonds. The van der Waals surface area contributed by atoms with Crippen molar-refractivity contribution in [1.29, 1.82) is 0 Å². The van der Waals surface area contributed by atoms with Gasteiger partial charge in [-0.1, -0.05) is 26.7 Å². The number of hydrogen-bond acceptors (Lipinski definition) is 3. The minimum Gasteiger partial charge on any atom is -0.395 e. The molecule has 2 N–H and O–H groups in total. The second-order valence-electron chi connectivity index (χ2n) is 6.13. The Bertz CT molecular complexity index is 212. The highest BCUT2D eigenvalue weighted by atomic mass is 16.3. The number of nitrogens with one attached hydrogen (secondary N) is 1. The summed E-state index contributed by atoms with van der Waals surface area (Å²) < 4.78 is 0. The number of aliphatic hydroxyl groups excluding tert-OH is 1. The van der Waals surface area contributed by atoms with Crippen LogP contribution in [0.15, 0.2) is 0 Å². The van der Waals surface area contributed by atoms with Crippen LogP contribution in [0.2, 0.25) is 0 Å². The van der Waals surface area contributed by atoms with E-state index in [4.69, 9.17) is 0 Å². The summed E-state index contributed by atoms with van der Waals surface area (Å²) >= 11 is 0. The molecule has 0 aromatic rings. The summed E-state index contributed by atoms with van der Waals surface area (Å²) in [4.78, 5) is 2.50. The van der Waals surface area contributed by atoms with Gasteiger partial charge in [-0.2, -0.15) is 0 Å². The third-order valence-corrected chi connectivity index (χ3v) is 4.44. The first-order valence-electron chi connectivity index (χ1n) is 7.03. The highest BCUT2D eigenvalue weighted by molar-refractivity contribution is 4.87. The predicted molar refractivity (Wildman–Crippen MR) is 73.2 cm³/mol. The Labute approximate surface area is 107 Å². The van der Waals surface area contributed by atoms with Gasteiger partial charge >= 0.3 is 0 Å². The fourth-order valence-electron chi connectivity index (χ4n) is 2.84. The molecule has 0 bridgehead atoms. The van der Waals surface area contributed by atoms with Crippen molar-refractivity contribution in [1.82, 2.24) is 10.2 Å². The van der Waals surface area contributed by atoms with Gasteiger partial charge in [0.05, 0.1) is 6.61 Å². The predicted octanol–water partition coefficient (Wildman–Crippen LogP) is 1.86. The highest BCUT2D eigenvalue weighted by Gasteiger charge is 2.31. The Morgan fingerprint density at radius 3 is 2.41 bits per heavy atom. The molecule has 1 atom stereocenters. The van der Waals surface area contributed by atoms with E-state index in [9.17, 15) is 5.11 Å². The average Bonchev–Trinajstić information content (AvgIpc) is 2.80. The van der Waals surface area contributed by atoms with E-state index in [1.54, 1.807) is 0 Å². The van der Waals surface area contributed by atoms with Crippen LogP contribution < -0.4 is 5.32 Å². The zero-order chi connectivity index (χ0) is 12.9. The second-order valence-corrected chi connectivity index (χ2v) is 6.13. The van der Waals surface area contributed by atoms with Crippen molar-refractivity contribution >= 4 is 0 Å². The van der Waals surface area contributed by atoms with Crippen LogP contribution in [0, 0.1) is 5.41 Å². The third kappa shape index (κ3) is 4.23. The van der Waals surface area contributed by atoms with Crippen LogP contribution in [0.3, 0.4) is 0 Å². The van der Waals surface area contributed by atoms with Gasteiger partial charge < -0.3 is 10.4 Å². The maximum atomic E-state index is 9.23. The Hall–Kier alpha value is -0.120. The first-order valence-corrected chi connectivity index (χ1v) is 7.03. The van der Waals surface area contributed by atoms with Gasteiger partial charge in [0.1, 0.15) is 0 Å². The van der Waals surface area contributed by atoms with Crippen LogP contribution in [0.5, 0.6) is 0 Å². The Morgan fingerprint density at radius 1 is 1.35 bits per heavy atom. The molecular weight excluding hydrogens is 212 g/mol. The molecule has 0 aromatic carbocycles. The van der Waals surface area contributed by atoms with Crippen LogP contribution in [-0.4, -0.2) is 48.8 Å². The van der Waals surface area contributed by atoms with Crippen LogP contribution in [0.1, 0.15) is 46.5 Å². The summed E-state index contributed by atoms with van der Waals surface area (Å²) in [6.07, 6.45) is 5.33. The van der Waals surface area contributed by atoms with Crippen molar-refractivity contribution in [3.8, 4) is 0 Å². The van der Waals surface area contributed by atoms with Crippen molar-refractivity contribution in [2.75, 3.05) is 26.7 Å². The minimum atomic E-state index is 0.243. The van der Waals surface area contributed by atoms with Gasteiger partial charge in [0.15, 0.2) is 0 Å². The van der Waals surface area contributed by atoms with Gasteiger partial charge in [-0.3, -0.25) is 4.90 Å². The summed E-state index contributed by atoms with van der Waals surface area (Å²) in [7, 11) is 2.03. The molecule has 0 saturated heterocycles. The van der Waals surface area contributed by atoms with E-state index in [2.05, 4.69) is 31.0 Å². The quantitative estimate of drug-likeness (QED) is 0.715. The van der Waals surface area contributed by atoms with Crippen LogP contribution in [0.25, 0.3) is 0 Å². The highest BCUT2D eigenvalue weighted by Crippen LogP contribution is 2.28. The topological polar surface area (TPSA) is 35.5 Å². The van der Waals surface area contributed by atoms with Gasteiger partial charge in [0, 0.05) is 25.2 Å². The summed E-state index contributed by atoms with van der Waals surface area (Å²) in [6.45, 7) is 9.04. The Morgan fingerprint density at radius 2 is 1.94 bits per heavy atom. The van der Waals surface area contributed by atoms with E-state index in [0.29, 0.717) is 12.1 Å². The number of nitrogens with zero attached hydrogens (tertiary/aromatic N) is 1. The van der Waals surface area contributed by atoms with Gasteiger partial charge in [-0.05, 0) is 32.2 Å². The van der Waals surface area contributed by atoms with Crippen molar-refractivity contribution in [2.24, 2.45) is 5.41 Å². The second kappa shape index (κ2) is 6.72. The van der Waals surface area contributed by atoms with Crippen LogP contribution in [-0.2, 0) is 0 Å². The fourth-order valence-corrected chi connectivity index (χ4v) is 2.84. The third-order valence-electron chi connectivity index (χ3n) is 4.44. The number of aliphatic hydroxyl groups is 1. The van der Waals surface area contributed by atoms with Crippen LogP contribution in [0.4, 0.5) is 0 Å². The monoisotopic (exact) mass is 242 g/mol. The normalized spacial score (nSPS) is 20.1. The van der Waals surface area contributed by atoms with Gasteiger partial charge in [0.25, 0.3) is 0 Å². The molecule has 3 heteroatoms. The molecule has 1 aliphatic carbocycles. The fraction of sp³-hybridized carbons (Fsp3) is 1.00. The molecule has 1 unspecified atom stereocenters. The molecule has 1 aliphatic rings. The smallest absolute Gasteiger partial charge is 0.0558 e. The molecule has 0 aliphatic heterocycles. The van der Waals surface area contributed by atoms with E-state index >= 15 is 0 Å². The molecule has 17 heavy (non-hydrogen) atoms. The minimum absolute atomic E-state index is 0.243. The van der Waals surface area contributed by atoms with Crippen molar-refractivity contribution in [3.63, 3.8) is 0 Å². The van der Waals surface area contributed by atoms with E-state index in [0.717, 1.165) is 13.1 Å².